The number of nitrogens with zero attached hydrogens (tertiary/aromatic N) is 3. The van der Waals surface area contributed by atoms with Crippen LogP contribution >= 0.6 is 11.6 Å². The predicted octanol–water partition coefficient (Wildman–Crippen LogP) is 2.85. The summed E-state index contributed by atoms with van der Waals surface area (Å²) in [4.78, 5) is 10.0. The van der Waals surface area contributed by atoms with Gasteiger partial charge in [-0.25, -0.2) is 18.7 Å². The second kappa shape index (κ2) is 4.30. The van der Waals surface area contributed by atoms with Gasteiger partial charge in [-0.15, -0.1) is 0 Å². The fourth-order valence-electron chi connectivity index (χ4n) is 2.79. The van der Waals surface area contributed by atoms with Crippen molar-refractivity contribution in [3.05, 3.63) is 16.5 Å². The molecule has 0 radical (unpaired) electrons. The number of hydrogen-bond donors (Lipinski definition) is 0. The Morgan fingerprint density at radius 2 is 2.00 bits per heavy atom. The standard InChI is InChI=1S/C12H14ClF2N3/c13-11-16-9-4-1-3-8(9)10(17-11)18-6-2-5-12(14,15)7-18/h1-7H2. The van der Waals surface area contributed by atoms with Crippen molar-refractivity contribution in [2.45, 2.75) is 38.0 Å². The molecule has 18 heavy (non-hydrogen) atoms. The van der Waals surface area contributed by atoms with Crippen molar-refractivity contribution in [1.29, 1.82) is 0 Å². The van der Waals surface area contributed by atoms with Crippen LogP contribution in [-0.4, -0.2) is 29.0 Å². The Morgan fingerprint density at radius 3 is 2.78 bits per heavy atom. The van der Waals surface area contributed by atoms with E-state index in [1.165, 1.54) is 0 Å². The molecule has 6 heteroatoms. The first-order valence-corrected chi connectivity index (χ1v) is 6.61. The minimum Gasteiger partial charge on any atom is -0.350 e. The maximum Gasteiger partial charge on any atom is 0.265 e. The Balaban J connectivity index is 1.97. The third-order valence-corrected chi connectivity index (χ3v) is 3.75. The molecule has 1 aromatic rings. The summed E-state index contributed by atoms with van der Waals surface area (Å²) in [6, 6.07) is 0. The van der Waals surface area contributed by atoms with Gasteiger partial charge in [-0.1, -0.05) is 0 Å². The van der Waals surface area contributed by atoms with Gasteiger partial charge in [0, 0.05) is 18.5 Å². The van der Waals surface area contributed by atoms with Crippen molar-refractivity contribution in [2.75, 3.05) is 18.0 Å². The highest BCUT2D eigenvalue weighted by Gasteiger charge is 2.37. The van der Waals surface area contributed by atoms with Crippen molar-refractivity contribution in [1.82, 2.24) is 9.97 Å². The average molecular weight is 274 g/mol. The molecule has 98 valence electrons. The van der Waals surface area contributed by atoms with E-state index >= 15 is 0 Å². The zero-order valence-corrected chi connectivity index (χ0v) is 10.7. The molecule has 3 nitrogen and oxygen atoms in total. The molecule has 3 rings (SSSR count). The van der Waals surface area contributed by atoms with E-state index in [0.29, 0.717) is 18.8 Å². The minimum absolute atomic E-state index is 0.0372. The first-order valence-electron chi connectivity index (χ1n) is 6.23. The molecule has 0 unspecified atom stereocenters. The van der Waals surface area contributed by atoms with E-state index in [1.807, 2.05) is 0 Å². The van der Waals surface area contributed by atoms with E-state index in [-0.39, 0.29) is 18.2 Å². The lowest BCUT2D eigenvalue weighted by Crippen LogP contribution is -2.43. The van der Waals surface area contributed by atoms with E-state index in [9.17, 15) is 8.78 Å². The third kappa shape index (κ3) is 2.16. The molecule has 0 aromatic carbocycles. The molecule has 1 fully saturated rings. The minimum atomic E-state index is -2.62. The van der Waals surface area contributed by atoms with Gasteiger partial charge in [0.15, 0.2) is 0 Å². The molecule has 1 aliphatic carbocycles. The third-order valence-electron chi connectivity index (χ3n) is 3.58. The normalized spacial score (nSPS) is 22.1. The van der Waals surface area contributed by atoms with Gasteiger partial charge >= 0.3 is 0 Å². The van der Waals surface area contributed by atoms with E-state index in [2.05, 4.69) is 9.97 Å². The predicted molar refractivity (Wildman–Crippen MR) is 65.5 cm³/mol. The van der Waals surface area contributed by atoms with Crippen LogP contribution in [-0.2, 0) is 12.8 Å². The van der Waals surface area contributed by atoms with Crippen LogP contribution in [0.4, 0.5) is 14.6 Å². The summed E-state index contributed by atoms with van der Waals surface area (Å²) >= 11 is 5.88. The van der Waals surface area contributed by atoms with E-state index in [0.717, 1.165) is 30.5 Å². The zero-order chi connectivity index (χ0) is 12.8. The largest absolute Gasteiger partial charge is 0.350 e. The lowest BCUT2D eigenvalue weighted by molar-refractivity contribution is -0.0119. The first kappa shape index (κ1) is 12.1. The van der Waals surface area contributed by atoms with Crippen LogP contribution in [0, 0.1) is 0 Å². The van der Waals surface area contributed by atoms with Crippen molar-refractivity contribution in [2.24, 2.45) is 0 Å². The summed E-state index contributed by atoms with van der Waals surface area (Å²) in [5, 5.41) is 0.166. The molecular formula is C12H14ClF2N3. The summed E-state index contributed by atoms with van der Waals surface area (Å²) in [5.41, 5.74) is 1.94. The summed E-state index contributed by atoms with van der Waals surface area (Å²) < 4.78 is 26.9. The van der Waals surface area contributed by atoms with Crippen LogP contribution in [0.25, 0.3) is 0 Å². The molecule has 2 heterocycles. The number of aryl methyl sites for hydroxylation is 1. The van der Waals surface area contributed by atoms with Gasteiger partial charge in [-0.3, -0.25) is 0 Å². The number of halogens is 3. The number of rotatable bonds is 1. The smallest absolute Gasteiger partial charge is 0.265 e. The highest BCUT2D eigenvalue weighted by atomic mass is 35.5. The number of alkyl halides is 2. The van der Waals surface area contributed by atoms with E-state index in [1.54, 1.807) is 4.90 Å². The molecule has 0 saturated carbocycles. The molecule has 0 amide bonds. The van der Waals surface area contributed by atoms with Crippen LogP contribution in [0.15, 0.2) is 0 Å². The maximum absolute atomic E-state index is 13.5. The summed E-state index contributed by atoms with van der Waals surface area (Å²) in [6.45, 7) is 0.363. The number of fused-ring (bicyclic) bond motifs is 1. The van der Waals surface area contributed by atoms with Crippen molar-refractivity contribution in [3.63, 3.8) is 0 Å². The van der Waals surface area contributed by atoms with E-state index < -0.39 is 5.92 Å². The van der Waals surface area contributed by atoms with Crippen LogP contribution in [0.3, 0.4) is 0 Å². The molecular weight excluding hydrogens is 260 g/mol. The fraction of sp³-hybridized carbons (Fsp3) is 0.667. The van der Waals surface area contributed by atoms with Crippen LogP contribution in [0.1, 0.15) is 30.5 Å². The second-order valence-corrected chi connectivity index (χ2v) is 5.31. The number of aromatic nitrogens is 2. The highest BCUT2D eigenvalue weighted by Crippen LogP contribution is 2.34. The van der Waals surface area contributed by atoms with Crippen LogP contribution in [0.5, 0.6) is 0 Å². The number of anilines is 1. The molecule has 0 N–H and O–H groups in total. The monoisotopic (exact) mass is 273 g/mol. The summed E-state index contributed by atoms with van der Waals surface area (Å²) in [6.07, 6.45) is 3.19. The summed E-state index contributed by atoms with van der Waals surface area (Å²) in [7, 11) is 0. The second-order valence-electron chi connectivity index (χ2n) is 4.98. The van der Waals surface area contributed by atoms with Gasteiger partial charge in [-0.2, -0.15) is 0 Å². The van der Waals surface area contributed by atoms with Crippen LogP contribution < -0.4 is 4.90 Å². The Kier molecular flexibility index (Phi) is 2.88. The SMILES string of the molecule is FC1(F)CCCN(c2nc(Cl)nc3c2CCC3)C1. The van der Waals surface area contributed by atoms with Gasteiger partial charge in [0.2, 0.25) is 5.28 Å². The average Bonchev–Trinajstić information content (AvgIpc) is 2.74. The highest BCUT2D eigenvalue weighted by molar-refractivity contribution is 6.28. The Hall–Kier alpha value is -0.970. The van der Waals surface area contributed by atoms with Gasteiger partial charge < -0.3 is 4.90 Å². The van der Waals surface area contributed by atoms with Crippen molar-refractivity contribution < 1.29 is 8.78 Å². The molecule has 1 saturated heterocycles. The van der Waals surface area contributed by atoms with Crippen molar-refractivity contribution in [3.8, 4) is 0 Å². The Labute approximate surface area is 109 Å². The van der Waals surface area contributed by atoms with Gasteiger partial charge in [0.25, 0.3) is 5.92 Å². The topological polar surface area (TPSA) is 29.0 Å². The molecule has 0 bridgehead atoms. The lowest BCUT2D eigenvalue weighted by Gasteiger charge is -2.34. The molecule has 0 spiro atoms. The zero-order valence-electron chi connectivity index (χ0n) is 9.93. The quantitative estimate of drug-likeness (QED) is 0.737. The van der Waals surface area contributed by atoms with Gasteiger partial charge in [0.1, 0.15) is 5.82 Å². The number of piperidine rings is 1. The molecule has 1 aromatic heterocycles. The summed E-state index contributed by atoms with van der Waals surface area (Å²) in [5.74, 6) is -2.00. The maximum atomic E-state index is 13.5. The van der Waals surface area contributed by atoms with Crippen molar-refractivity contribution >= 4 is 17.4 Å². The Morgan fingerprint density at radius 1 is 1.17 bits per heavy atom. The number of hydrogen-bond acceptors (Lipinski definition) is 3. The van der Waals surface area contributed by atoms with Gasteiger partial charge in [0.05, 0.1) is 12.2 Å². The lowest BCUT2D eigenvalue weighted by atomic mass is 10.1. The molecule has 1 aliphatic heterocycles. The molecule has 2 aliphatic rings. The first-order chi connectivity index (χ1) is 8.55. The molecule has 0 atom stereocenters. The van der Waals surface area contributed by atoms with Gasteiger partial charge in [-0.05, 0) is 37.3 Å². The fourth-order valence-corrected chi connectivity index (χ4v) is 2.97. The Bertz CT molecular complexity index is 479. The van der Waals surface area contributed by atoms with Crippen LogP contribution in [0.2, 0.25) is 5.28 Å². The van der Waals surface area contributed by atoms with E-state index in [4.69, 9.17) is 11.6 Å².